The van der Waals surface area contributed by atoms with Crippen molar-refractivity contribution in [3.05, 3.63) is 92.0 Å². The Labute approximate surface area is 231 Å². The number of allylic oxidation sites excluding steroid dienone is 4. The zero-order chi connectivity index (χ0) is 26.7. The number of methoxy groups -OCH3 is 1. The molecule has 3 rings (SSSR count). The van der Waals surface area contributed by atoms with Crippen LogP contribution in [0.25, 0.3) is 5.70 Å². The van der Waals surface area contributed by atoms with Crippen molar-refractivity contribution < 1.29 is 4.74 Å². The van der Waals surface area contributed by atoms with Gasteiger partial charge in [-0.25, -0.2) is 4.99 Å². The lowest BCUT2D eigenvalue weighted by atomic mass is 9.93. The van der Waals surface area contributed by atoms with Gasteiger partial charge in [-0.1, -0.05) is 92.9 Å². The highest BCUT2D eigenvalue weighted by atomic mass is 35.5. The lowest BCUT2D eigenvalue weighted by molar-refractivity contribution is 0.414. The quantitative estimate of drug-likeness (QED) is 0.332. The third-order valence-corrected chi connectivity index (χ3v) is 7.09. The molecule has 0 amide bonds. The van der Waals surface area contributed by atoms with Gasteiger partial charge in [0.1, 0.15) is 5.75 Å². The number of rotatable bonds is 8. The van der Waals surface area contributed by atoms with E-state index < -0.39 is 0 Å². The summed E-state index contributed by atoms with van der Waals surface area (Å²) in [6.07, 6.45) is 10.5. The summed E-state index contributed by atoms with van der Waals surface area (Å²) in [6, 6.07) is 12.2. The van der Waals surface area contributed by atoms with Gasteiger partial charge in [0.15, 0.2) is 0 Å². The van der Waals surface area contributed by atoms with Crippen molar-refractivity contribution in [3.63, 3.8) is 0 Å². The molecule has 0 spiro atoms. The van der Waals surface area contributed by atoms with Gasteiger partial charge < -0.3 is 4.74 Å². The Morgan fingerprint density at radius 1 is 1.11 bits per heavy atom. The van der Waals surface area contributed by atoms with E-state index in [-0.39, 0.29) is 0 Å². The van der Waals surface area contributed by atoms with E-state index in [2.05, 4.69) is 25.1 Å². The van der Waals surface area contributed by atoms with Crippen molar-refractivity contribution >= 4 is 52.1 Å². The maximum absolute atomic E-state index is 6.91. The molecular formula is C30H36Cl2N2OS. The van der Waals surface area contributed by atoms with Crippen LogP contribution in [0.5, 0.6) is 5.75 Å². The van der Waals surface area contributed by atoms with E-state index in [1.165, 1.54) is 0 Å². The zero-order valence-electron chi connectivity index (χ0n) is 22.3. The lowest BCUT2D eigenvalue weighted by Gasteiger charge is -2.21. The predicted octanol–water partition coefficient (Wildman–Crippen LogP) is 9.63. The fourth-order valence-corrected chi connectivity index (χ4v) is 4.96. The minimum absolute atomic E-state index is 0.468. The van der Waals surface area contributed by atoms with Gasteiger partial charge >= 0.3 is 0 Å². The normalized spacial score (nSPS) is 15.9. The molecule has 0 aromatic heterocycles. The van der Waals surface area contributed by atoms with Crippen LogP contribution < -0.4 is 4.74 Å². The standard InChI is InChI=1S/C28H30Cl2N2OS.C2H6/c1-6-12-20-17-23(33-4)27(30)25(26(20)29)21-16-19(7-2)28(32-24(8-3)34-5)22(31-21)15-18-13-10-9-11-14-18;1-2/h7-11,13-14,16-17H,6,12,15H2,1-5H3;1-2H3/b19-7-,24-8-,32-28+;. The molecule has 3 nitrogen and oxygen atoms in total. The predicted molar refractivity (Wildman–Crippen MR) is 162 cm³/mol. The van der Waals surface area contributed by atoms with Gasteiger partial charge in [-0.05, 0) is 55.4 Å². The summed E-state index contributed by atoms with van der Waals surface area (Å²) in [7, 11) is 1.62. The van der Waals surface area contributed by atoms with Crippen molar-refractivity contribution in [1.29, 1.82) is 0 Å². The molecule has 0 atom stereocenters. The second-order valence-corrected chi connectivity index (χ2v) is 9.36. The number of halogens is 2. The van der Waals surface area contributed by atoms with Crippen molar-refractivity contribution in [2.24, 2.45) is 9.98 Å². The van der Waals surface area contributed by atoms with Crippen LogP contribution in [0.4, 0.5) is 0 Å². The summed E-state index contributed by atoms with van der Waals surface area (Å²) in [5.41, 5.74) is 6.30. The molecule has 1 aliphatic heterocycles. The van der Waals surface area contributed by atoms with E-state index in [9.17, 15) is 0 Å². The van der Waals surface area contributed by atoms with Crippen LogP contribution in [0, 0.1) is 0 Å². The molecule has 1 heterocycles. The van der Waals surface area contributed by atoms with Crippen LogP contribution in [-0.2, 0) is 12.8 Å². The van der Waals surface area contributed by atoms with E-state index in [1.807, 2.05) is 70.4 Å². The molecule has 0 fully saturated rings. The largest absolute Gasteiger partial charge is 0.495 e. The summed E-state index contributed by atoms with van der Waals surface area (Å²) >= 11 is 15.3. The van der Waals surface area contributed by atoms with E-state index in [0.29, 0.717) is 27.8 Å². The minimum Gasteiger partial charge on any atom is -0.495 e. The van der Waals surface area contributed by atoms with Gasteiger partial charge in [-0.2, -0.15) is 0 Å². The van der Waals surface area contributed by atoms with Crippen LogP contribution in [0.15, 0.2) is 75.2 Å². The molecule has 0 aliphatic carbocycles. The van der Waals surface area contributed by atoms with Crippen molar-refractivity contribution in [2.45, 2.75) is 53.9 Å². The maximum atomic E-state index is 6.91. The molecular weight excluding hydrogens is 507 g/mol. The molecule has 0 radical (unpaired) electrons. The highest BCUT2D eigenvalue weighted by molar-refractivity contribution is 8.02. The summed E-state index contributed by atoms with van der Waals surface area (Å²) < 4.78 is 5.58. The van der Waals surface area contributed by atoms with E-state index >= 15 is 0 Å². The lowest BCUT2D eigenvalue weighted by Crippen LogP contribution is -2.22. The van der Waals surface area contributed by atoms with Crippen LogP contribution in [-0.4, -0.2) is 24.8 Å². The average molecular weight is 544 g/mol. The first-order valence-corrected chi connectivity index (χ1v) is 14.3. The third-order valence-electron chi connectivity index (χ3n) is 5.54. The Morgan fingerprint density at radius 3 is 2.36 bits per heavy atom. The molecule has 0 N–H and O–H groups in total. The van der Waals surface area contributed by atoms with Gasteiger partial charge in [0.2, 0.25) is 0 Å². The van der Waals surface area contributed by atoms with Crippen LogP contribution in [0.1, 0.15) is 57.7 Å². The van der Waals surface area contributed by atoms with E-state index in [1.54, 1.807) is 18.9 Å². The minimum atomic E-state index is 0.468. The fourth-order valence-electron chi connectivity index (χ4n) is 3.83. The highest BCUT2D eigenvalue weighted by Gasteiger charge is 2.25. The van der Waals surface area contributed by atoms with Crippen LogP contribution in [0.2, 0.25) is 10.0 Å². The Bertz CT molecular complexity index is 1200. The average Bonchev–Trinajstić information content (AvgIpc) is 2.91. The molecule has 0 saturated heterocycles. The Morgan fingerprint density at radius 2 is 1.81 bits per heavy atom. The topological polar surface area (TPSA) is 34.0 Å². The molecule has 2 aromatic rings. The second kappa shape index (κ2) is 15.1. The van der Waals surface area contributed by atoms with Crippen molar-refractivity contribution in [1.82, 2.24) is 0 Å². The van der Waals surface area contributed by atoms with Gasteiger partial charge in [0, 0.05) is 12.0 Å². The smallest absolute Gasteiger partial charge is 0.138 e. The summed E-state index contributed by atoms with van der Waals surface area (Å²) in [5, 5.41) is 2.03. The van der Waals surface area contributed by atoms with E-state index in [4.69, 9.17) is 37.9 Å². The molecule has 192 valence electrons. The molecule has 0 bridgehead atoms. The van der Waals surface area contributed by atoms with Crippen LogP contribution in [0.3, 0.4) is 0 Å². The van der Waals surface area contributed by atoms with E-state index in [0.717, 1.165) is 51.7 Å². The van der Waals surface area contributed by atoms with Gasteiger partial charge in [-0.15, -0.1) is 11.8 Å². The Kier molecular flexibility index (Phi) is 12.6. The summed E-state index contributed by atoms with van der Waals surface area (Å²) in [6.45, 7) is 10.1. The Balaban J connectivity index is 0.00000222. The van der Waals surface area contributed by atoms with Gasteiger partial charge in [0.25, 0.3) is 0 Å². The van der Waals surface area contributed by atoms with Gasteiger partial charge in [0.05, 0.1) is 39.3 Å². The molecule has 0 saturated carbocycles. The second-order valence-electron chi connectivity index (χ2n) is 7.78. The van der Waals surface area contributed by atoms with Crippen molar-refractivity contribution in [3.8, 4) is 5.75 Å². The third kappa shape index (κ3) is 7.15. The summed E-state index contributed by atoms with van der Waals surface area (Å²) in [5.74, 6) is 0.602. The van der Waals surface area contributed by atoms with Gasteiger partial charge in [-0.3, -0.25) is 4.99 Å². The molecule has 1 aliphatic rings. The molecule has 6 heteroatoms. The number of ether oxygens (including phenoxy) is 1. The fraction of sp³-hybridized carbons (Fsp3) is 0.333. The number of nitrogens with zero attached hydrogens (tertiary/aromatic N) is 2. The molecule has 36 heavy (non-hydrogen) atoms. The zero-order valence-corrected chi connectivity index (χ0v) is 24.6. The number of aliphatic imine (C=N–C) groups is 2. The van der Waals surface area contributed by atoms with Crippen LogP contribution >= 0.6 is 35.0 Å². The maximum Gasteiger partial charge on any atom is 0.138 e. The first-order valence-electron chi connectivity index (χ1n) is 12.3. The first-order chi connectivity index (χ1) is 17.5. The summed E-state index contributed by atoms with van der Waals surface area (Å²) in [4.78, 5) is 10.1. The number of benzene rings is 2. The monoisotopic (exact) mass is 542 g/mol. The number of hydrogen-bond donors (Lipinski definition) is 0. The number of thioether (sulfide) groups is 1. The highest BCUT2D eigenvalue weighted by Crippen LogP contribution is 2.42. The number of aryl methyl sites for hydroxylation is 1. The molecule has 0 unspecified atom stereocenters. The molecule has 2 aromatic carbocycles. The van der Waals surface area contributed by atoms with Crippen molar-refractivity contribution in [2.75, 3.05) is 13.4 Å². The Hall–Kier alpha value is -2.27. The number of hydrogen-bond acceptors (Lipinski definition) is 4. The SMILES string of the molecule is C/C=C(/N=C1/C(Cc2ccccc2)=NC(c2c(Cl)c(CCC)cc(OC)c2Cl)=C/C1=C/C)SC.CC. The first kappa shape index (κ1) is 30.0.